The summed E-state index contributed by atoms with van der Waals surface area (Å²) in [4.78, 5) is 34.7. The van der Waals surface area contributed by atoms with E-state index in [1.54, 1.807) is 54.6 Å². The van der Waals surface area contributed by atoms with Gasteiger partial charge in [-0.25, -0.2) is 4.79 Å². The number of hydrogen-bond acceptors (Lipinski definition) is 5. The number of rotatable bonds is 5. The molecular formula is C20H14N2O5. The van der Waals surface area contributed by atoms with E-state index >= 15 is 0 Å². The molecule has 0 saturated carbocycles. The molecule has 0 aliphatic heterocycles. The maximum absolute atomic E-state index is 12.3. The highest BCUT2D eigenvalue weighted by atomic mass is 16.6. The molecule has 3 aromatic rings. The van der Waals surface area contributed by atoms with Gasteiger partial charge >= 0.3 is 5.97 Å². The van der Waals surface area contributed by atoms with Crippen molar-refractivity contribution in [1.29, 1.82) is 0 Å². The highest BCUT2D eigenvalue weighted by Crippen LogP contribution is 2.25. The summed E-state index contributed by atoms with van der Waals surface area (Å²) in [7, 11) is 0. The Balaban J connectivity index is 1.76. The first-order valence-corrected chi connectivity index (χ1v) is 7.96. The number of nitro groups is 1. The Hall–Kier alpha value is -4.00. The van der Waals surface area contributed by atoms with Crippen LogP contribution in [0.1, 0.15) is 20.7 Å². The number of esters is 1. The Morgan fingerprint density at radius 3 is 2.11 bits per heavy atom. The molecule has 134 valence electrons. The fourth-order valence-electron chi connectivity index (χ4n) is 2.32. The standard InChI is InChI=1S/C20H14N2O5/c23-19(14-6-2-1-3-7-14)21-17-8-4-5-9-18(17)27-20(24)15-10-12-16(13-11-15)22(25)26/h1-13H,(H,21,23). The predicted octanol–water partition coefficient (Wildman–Crippen LogP) is 4.07. The second-order valence-corrected chi connectivity index (χ2v) is 5.51. The quantitative estimate of drug-likeness (QED) is 0.319. The molecule has 0 atom stereocenters. The van der Waals surface area contributed by atoms with Crippen LogP contribution in [0.2, 0.25) is 0 Å². The molecule has 1 amide bonds. The molecule has 0 bridgehead atoms. The second kappa shape index (κ2) is 7.92. The zero-order chi connectivity index (χ0) is 19.2. The number of carbonyl (C=O) groups is 2. The minimum atomic E-state index is -0.689. The monoisotopic (exact) mass is 362 g/mol. The fraction of sp³-hybridized carbons (Fsp3) is 0. The van der Waals surface area contributed by atoms with Gasteiger partial charge in [-0.2, -0.15) is 0 Å². The number of para-hydroxylation sites is 2. The molecule has 0 saturated heterocycles. The largest absolute Gasteiger partial charge is 0.421 e. The van der Waals surface area contributed by atoms with Gasteiger partial charge in [0.1, 0.15) is 0 Å². The molecule has 0 unspecified atom stereocenters. The summed E-state index contributed by atoms with van der Waals surface area (Å²) in [5.41, 5.74) is 0.836. The van der Waals surface area contributed by atoms with Crippen LogP contribution in [0, 0.1) is 10.1 Å². The molecule has 0 fully saturated rings. The zero-order valence-corrected chi connectivity index (χ0v) is 14.0. The third-order valence-corrected chi connectivity index (χ3v) is 3.69. The van der Waals surface area contributed by atoms with Crippen LogP contribution in [-0.2, 0) is 0 Å². The van der Waals surface area contributed by atoms with E-state index in [0.29, 0.717) is 11.3 Å². The maximum Gasteiger partial charge on any atom is 0.343 e. The first-order valence-electron chi connectivity index (χ1n) is 7.96. The Kier molecular flexibility index (Phi) is 5.22. The van der Waals surface area contributed by atoms with Crippen molar-refractivity contribution in [3.8, 4) is 5.75 Å². The minimum Gasteiger partial charge on any atom is -0.421 e. The van der Waals surface area contributed by atoms with Crippen molar-refractivity contribution in [2.45, 2.75) is 0 Å². The molecule has 0 radical (unpaired) electrons. The fourth-order valence-corrected chi connectivity index (χ4v) is 2.32. The number of carbonyl (C=O) groups excluding carboxylic acids is 2. The first kappa shape index (κ1) is 17.8. The lowest BCUT2D eigenvalue weighted by molar-refractivity contribution is -0.384. The summed E-state index contributed by atoms with van der Waals surface area (Å²) in [6.07, 6.45) is 0. The summed E-state index contributed by atoms with van der Waals surface area (Å²) < 4.78 is 5.35. The SMILES string of the molecule is O=C(Nc1ccccc1OC(=O)c1ccc([N+](=O)[O-])cc1)c1ccccc1. The average molecular weight is 362 g/mol. The molecule has 7 heteroatoms. The van der Waals surface area contributed by atoms with Crippen LogP contribution in [0.15, 0.2) is 78.9 Å². The van der Waals surface area contributed by atoms with E-state index in [0.717, 1.165) is 0 Å². The lowest BCUT2D eigenvalue weighted by Gasteiger charge is -2.11. The van der Waals surface area contributed by atoms with Gasteiger partial charge in [-0.15, -0.1) is 0 Å². The van der Waals surface area contributed by atoms with Crippen LogP contribution in [0.3, 0.4) is 0 Å². The molecule has 0 heterocycles. The van der Waals surface area contributed by atoms with Crippen LogP contribution in [-0.4, -0.2) is 16.8 Å². The van der Waals surface area contributed by atoms with Gasteiger partial charge < -0.3 is 10.1 Å². The summed E-state index contributed by atoms with van der Waals surface area (Å²) in [5, 5.41) is 13.4. The van der Waals surface area contributed by atoms with E-state index in [1.807, 2.05) is 0 Å². The van der Waals surface area contributed by atoms with Crippen molar-refractivity contribution in [2.75, 3.05) is 5.32 Å². The Morgan fingerprint density at radius 1 is 0.815 bits per heavy atom. The molecule has 0 aromatic heterocycles. The van der Waals surface area contributed by atoms with Gasteiger partial charge in [0.15, 0.2) is 5.75 Å². The van der Waals surface area contributed by atoms with Gasteiger partial charge in [0.25, 0.3) is 11.6 Å². The van der Waals surface area contributed by atoms with E-state index in [4.69, 9.17) is 4.74 Å². The van der Waals surface area contributed by atoms with E-state index in [-0.39, 0.29) is 22.9 Å². The highest BCUT2D eigenvalue weighted by Gasteiger charge is 2.15. The Bertz CT molecular complexity index is 985. The molecule has 27 heavy (non-hydrogen) atoms. The molecule has 3 aromatic carbocycles. The lowest BCUT2D eigenvalue weighted by Crippen LogP contribution is -2.14. The van der Waals surface area contributed by atoms with Gasteiger partial charge in [-0.1, -0.05) is 30.3 Å². The van der Waals surface area contributed by atoms with E-state index in [1.165, 1.54) is 24.3 Å². The van der Waals surface area contributed by atoms with Crippen molar-refractivity contribution >= 4 is 23.3 Å². The van der Waals surface area contributed by atoms with Crippen molar-refractivity contribution in [2.24, 2.45) is 0 Å². The molecule has 1 N–H and O–H groups in total. The topological polar surface area (TPSA) is 98.5 Å². The molecule has 3 rings (SSSR count). The van der Waals surface area contributed by atoms with Gasteiger partial charge in [0.2, 0.25) is 0 Å². The van der Waals surface area contributed by atoms with E-state index in [2.05, 4.69) is 5.32 Å². The number of nitrogens with one attached hydrogen (secondary N) is 1. The Morgan fingerprint density at radius 2 is 1.44 bits per heavy atom. The number of amides is 1. The number of benzene rings is 3. The summed E-state index contributed by atoms with van der Waals surface area (Å²) in [6.45, 7) is 0. The summed E-state index contributed by atoms with van der Waals surface area (Å²) in [5.74, 6) is -0.856. The average Bonchev–Trinajstić information content (AvgIpc) is 2.70. The summed E-state index contributed by atoms with van der Waals surface area (Å²) >= 11 is 0. The third-order valence-electron chi connectivity index (χ3n) is 3.69. The lowest BCUT2D eigenvalue weighted by atomic mass is 10.2. The molecular weight excluding hydrogens is 348 g/mol. The van der Waals surface area contributed by atoms with Crippen molar-refractivity contribution in [1.82, 2.24) is 0 Å². The summed E-state index contributed by atoms with van der Waals surface area (Å²) in [6, 6.07) is 20.2. The maximum atomic E-state index is 12.3. The number of nitro benzene ring substituents is 1. The molecule has 0 spiro atoms. The van der Waals surface area contributed by atoms with Crippen LogP contribution in [0.25, 0.3) is 0 Å². The van der Waals surface area contributed by atoms with Gasteiger partial charge in [-0.05, 0) is 36.4 Å². The number of anilines is 1. The number of non-ortho nitro benzene ring substituents is 1. The number of nitrogens with zero attached hydrogens (tertiary/aromatic N) is 1. The molecule has 0 aliphatic carbocycles. The number of ether oxygens (including phenoxy) is 1. The highest BCUT2D eigenvalue weighted by molar-refractivity contribution is 6.05. The van der Waals surface area contributed by atoms with Crippen molar-refractivity contribution < 1.29 is 19.2 Å². The predicted molar refractivity (Wildman–Crippen MR) is 98.9 cm³/mol. The van der Waals surface area contributed by atoms with Crippen molar-refractivity contribution in [3.63, 3.8) is 0 Å². The first-order chi connectivity index (χ1) is 13.0. The second-order valence-electron chi connectivity index (χ2n) is 5.51. The number of hydrogen-bond donors (Lipinski definition) is 1. The smallest absolute Gasteiger partial charge is 0.343 e. The van der Waals surface area contributed by atoms with E-state index < -0.39 is 10.9 Å². The minimum absolute atomic E-state index is 0.123. The Labute approximate surface area is 154 Å². The van der Waals surface area contributed by atoms with Crippen LogP contribution in [0.4, 0.5) is 11.4 Å². The van der Waals surface area contributed by atoms with Crippen LogP contribution < -0.4 is 10.1 Å². The van der Waals surface area contributed by atoms with Crippen LogP contribution in [0.5, 0.6) is 5.75 Å². The molecule has 0 aliphatic rings. The van der Waals surface area contributed by atoms with Crippen LogP contribution >= 0.6 is 0 Å². The normalized spacial score (nSPS) is 10.1. The zero-order valence-electron chi connectivity index (χ0n) is 14.0. The van der Waals surface area contributed by atoms with Crippen molar-refractivity contribution in [3.05, 3.63) is 100 Å². The van der Waals surface area contributed by atoms with Gasteiger partial charge in [0, 0.05) is 17.7 Å². The molecule has 7 nitrogen and oxygen atoms in total. The van der Waals surface area contributed by atoms with Gasteiger partial charge in [0.05, 0.1) is 16.2 Å². The van der Waals surface area contributed by atoms with Gasteiger partial charge in [-0.3, -0.25) is 14.9 Å². The third kappa shape index (κ3) is 4.35. The van der Waals surface area contributed by atoms with E-state index in [9.17, 15) is 19.7 Å².